The highest BCUT2D eigenvalue weighted by Gasteiger charge is 2.45. The Labute approximate surface area is 146 Å². The topological polar surface area (TPSA) is 84.0 Å². The number of rotatable bonds is 4. The molecule has 6 nitrogen and oxygen atoms in total. The summed E-state index contributed by atoms with van der Waals surface area (Å²) in [5.41, 5.74) is -0.453. The van der Waals surface area contributed by atoms with Crippen LogP contribution in [0.25, 0.3) is 0 Å². The lowest BCUT2D eigenvalue weighted by Crippen LogP contribution is -2.44. The summed E-state index contributed by atoms with van der Waals surface area (Å²) >= 11 is 0. The molecule has 1 aromatic heterocycles. The van der Waals surface area contributed by atoms with Crippen molar-refractivity contribution in [1.82, 2.24) is 20.6 Å². The molecule has 0 spiro atoms. The number of carbonyl (C=O) groups is 2. The van der Waals surface area contributed by atoms with E-state index in [4.69, 9.17) is 0 Å². The molecular formula is C16H18F4N4O2. The van der Waals surface area contributed by atoms with Gasteiger partial charge in [-0.15, -0.1) is 0 Å². The molecule has 2 aliphatic carbocycles. The average molecular weight is 374 g/mol. The molecular weight excluding hydrogens is 356 g/mol. The molecule has 0 radical (unpaired) electrons. The first kappa shape index (κ1) is 18.5. The van der Waals surface area contributed by atoms with Crippen molar-refractivity contribution >= 4 is 11.8 Å². The molecule has 26 heavy (non-hydrogen) atoms. The summed E-state index contributed by atoms with van der Waals surface area (Å²) in [6.07, 6.45) is 2.32. The molecule has 0 aromatic carbocycles. The third-order valence-corrected chi connectivity index (χ3v) is 4.75. The number of amides is 2. The van der Waals surface area contributed by atoms with E-state index in [1.807, 2.05) is 0 Å². The van der Waals surface area contributed by atoms with Crippen LogP contribution in [0.15, 0.2) is 12.4 Å². The molecule has 142 valence electrons. The van der Waals surface area contributed by atoms with Crippen LogP contribution in [0.4, 0.5) is 17.6 Å². The summed E-state index contributed by atoms with van der Waals surface area (Å²) in [5, 5.41) is 4.42. The van der Waals surface area contributed by atoms with Crippen molar-refractivity contribution in [2.24, 2.45) is 0 Å². The number of carbonyl (C=O) groups excluding carboxylic acids is 2. The van der Waals surface area contributed by atoms with E-state index in [-0.39, 0.29) is 37.1 Å². The van der Waals surface area contributed by atoms with Gasteiger partial charge in [-0.3, -0.25) is 9.59 Å². The van der Waals surface area contributed by atoms with Crippen LogP contribution in [-0.2, 0) is 0 Å². The molecule has 2 atom stereocenters. The zero-order chi connectivity index (χ0) is 18.9. The highest BCUT2D eigenvalue weighted by Crippen LogP contribution is 2.35. The van der Waals surface area contributed by atoms with E-state index in [0.29, 0.717) is 12.8 Å². The molecule has 2 amide bonds. The Balaban J connectivity index is 1.61. The molecule has 1 heterocycles. The minimum atomic E-state index is -2.96. The molecule has 1 aromatic rings. The third kappa shape index (κ3) is 3.78. The smallest absolute Gasteiger partial charge is 0.271 e. The molecule has 0 aliphatic heterocycles. The Morgan fingerprint density at radius 3 is 1.50 bits per heavy atom. The van der Waals surface area contributed by atoms with E-state index in [2.05, 4.69) is 20.6 Å². The van der Waals surface area contributed by atoms with E-state index in [0.717, 1.165) is 12.4 Å². The summed E-state index contributed by atoms with van der Waals surface area (Å²) in [6.45, 7) is 0. The van der Waals surface area contributed by atoms with Gasteiger partial charge in [0.1, 0.15) is 11.4 Å². The first-order valence-electron chi connectivity index (χ1n) is 8.38. The first-order chi connectivity index (χ1) is 12.2. The van der Waals surface area contributed by atoms with E-state index < -0.39 is 35.7 Å². The molecule has 2 N–H and O–H groups in total. The number of nitrogens with zero attached hydrogens (tertiary/aromatic N) is 2. The second kappa shape index (κ2) is 6.81. The zero-order valence-corrected chi connectivity index (χ0v) is 13.8. The number of hydrogen-bond donors (Lipinski definition) is 2. The van der Waals surface area contributed by atoms with Crippen LogP contribution in [0.2, 0.25) is 0 Å². The predicted octanol–water partition coefficient (Wildman–Crippen LogP) is 2.31. The lowest BCUT2D eigenvalue weighted by molar-refractivity contribution is -0.0168. The Hall–Kier alpha value is -2.26. The van der Waals surface area contributed by atoms with Gasteiger partial charge >= 0.3 is 0 Å². The van der Waals surface area contributed by atoms with Gasteiger partial charge in [0.15, 0.2) is 0 Å². The summed E-state index contributed by atoms with van der Waals surface area (Å²) in [6, 6.07) is -2.52. The number of alkyl halides is 4. The van der Waals surface area contributed by atoms with Crippen LogP contribution in [0, 0.1) is 0 Å². The van der Waals surface area contributed by atoms with Gasteiger partial charge in [0.05, 0.1) is 24.5 Å². The maximum atomic E-state index is 13.5. The summed E-state index contributed by atoms with van der Waals surface area (Å²) in [4.78, 5) is 31.4. The minimum absolute atomic E-state index is 0.169. The van der Waals surface area contributed by atoms with Gasteiger partial charge < -0.3 is 10.6 Å². The Kier molecular flexibility index (Phi) is 4.85. The average Bonchev–Trinajstić information content (AvgIpc) is 3.09. The fraction of sp³-hybridized carbons (Fsp3) is 0.625. The fourth-order valence-electron chi connectivity index (χ4n) is 3.24. The number of halogens is 4. The SMILES string of the molecule is O=C(NC1CCCC1(F)F)c1cnc(C(=O)NC2CCCC2(F)F)cn1. The molecule has 2 aliphatic rings. The first-order valence-corrected chi connectivity index (χ1v) is 8.38. The van der Waals surface area contributed by atoms with Crippen molar-refractivity contribution in [2.45, 2.75) is 62.5 Å². The van der Waals surface area contributed by atoms with E-state index in [1.54, 1.807) is 0 Å². The Morgan fingerprint density at radius 1 is 0.846 bits per heavy atom. The molecule has 0 saturated heterocycles. The van der Waals surface area contributed by atoms with Crippen molar-refractivity contribution in [3.8, 4) is 0 Å². The highest BCUT2D eigenvalue weighted by molar-refractivity contribution is 5.94. The lowest BCUT2D eigenvalue weighted by atomic mass is 10.2. The maximum Gasteiger partial charge on any atom is 0.271 e. The highest BCUT2D eigenvalue weighted by atomic mass is 19.3. The van der Waals surface area contributed by atoms with Gasteiger partial charge in [-0.25, -0.2) is 27.5 Å². The van der Waals surface area contributed by atoms with Gasteiger partial charge in [0, 0.05) is 12.8 Å². The summed E-state index contributed by atoms with van der Waals surface area (Å²) < 4.78 is 54.2. The minimum Gasteiger partial charge on any atom is -0.342 e. The van der Waals surface area contributed by atoms with E-state index in [9.17, 15) is 27.2 Å². The largest absolute Gasteiger partial charge is 0.342 e. The molecule has 10 heteroatoms. The van der Waals surface area contributed by atoms with Gasteiger partial charge in [-0.2, -0.15) is 0 Å². The van der Waals surface area contributed by atoms with E-state index in [1.165, 1.54) is 0 Å². The normalized spacial score (nSPS) is 26.5. The summed E-state index contributed by atoms with van der Waals surface area (Å²) in [7, 11) is 0. The third-order valence-electron chi connectivity index (χ3n) is 4.75. The second-order valence-electron chi connectivity index (χ2n) is 6.65. The van der Waals surface area contributed by atoms with Crippen molar-refractivity contribution in [2.75, 3.05) is 0 Å². The van der Waals surface area contributed by atoms with Gasteiger partial charge in [0.25, 0.3) is 23.7 Å². The fourth-order valence-corrected chi connectivity index (χ4v) is 3.24. The van der Waals surface area contributed by atoms with Crippen LogP contribution < -0.4 is 10.6 Å². The van der Waals surface area contributed by atoms with Crippen molar-refractivity contribution in [3.05, 3.63) is 23.8 Å². The molecule has 0 bridgehead atoms. The number of nitrogens with one attached hydrogen (secondary N) is 2. The van der Waals surface area contributed by atoms with Crippen LogP contribution >= 0.6 is 0 Å². The zero-order valence-electron chi connectivity index (χ0n) is 13.8. The van der Waals surface area contributed by atoms with E-state index >= 15 is 0 Å². The summed E-state index contributed by atoms with van der Waals surface area (Å²) in [5.74, 6) is -7.57. The van der Waals surface area contributed by atoms with Crippen molar-refractivity contribution in [3.63, 3.8) is 0 Å². The number of aromatic nitrogens is 2. The molecule has 3 rings (SSSR count). The predicted molar refractivity (Wildman–Crippen MR) is 82.1 cm³/mol. The van der Waals surface area contributed by atoms with Gasteiger partial charge in [0.2, 0.25) is 0 Å². The lowest BCUT2D eigenvalue weighted by Gasteiger charge is -2.20. The van der Waals surface area contributed by atoms with Crippen LogP contribution in [0.5, 0.6) is 0 Å². The van der Waals surface area contributed by atoms with Crippen LogP contribution in [0.3, 0.4) is 0 Å². The Bertz CT molecular complexity index is 637. The second-order valence-corrected chi connectivity index (χ2v) is 6.65. The maximum absolute atomic E-state index is 13.5. The molecule has 2 saturated carbocycles. The quantitative estimate of drug-likeness (QED) is 0.793. The van der Waals surface area contributed by atoms with Gasteiger partial charge in [-0.05, 0) is 25.7 Å². The van der Waals surface area contributed by atoms with Gasteiger partial charge in [-0.1, -0.05) is 0 Å². The van der Waals surface area contributed by atoms with Crippen LogP contribution in [0.1, 0.15) is 59.5 Å². The number of hydrogen-bond acceptors (Lipinski definition) is 4. The Morgan fingerprint density at radius 2 is 1.23 bits per heavy atom. The van der Waals surface area contributed by atoms with Crippen LogP contribution in [-0.4, -0.2) is 45.7 Å². The van der Waals surface area contributed by atoms with Crippen molar-refractivity contribution < 1.29 is 27.2 Å². The van der Waals surface area contributed by atoms with Crippen molar-refractivity contribution in [1.29, 1.82) is 0 Å². The standard InChI is InChI=1S/C16H18F4N4O2/c17-15(18)5-1-3-11(15)23-13(25)9-7-22-10(8-21-9)14(26)24-12-4-2-6-16(12,19)20/h7-8,11-12H,1-6H2,(H,23,25)(H,24,26). The monoisotopic (exact) mass is 374 g/mol. The molecule has 2 unspecified atom stereocenters. The molecule has 2 fully saturated rings.